The van der Waals surface area contributed by atoms with Gasteiger partial charge in [-0.15, -0.1) is 0 Å². The lowest BCUT2D eigenvalue weighted by molar-refractivity contribution is 0.414. The summed E-state index contributed by atoms with van der Waals surface area (Å²) in [5, 5.41) is 3.31. The van der Waals surface area contributed by atoms with Gasteiger partial charge in [0, 0.05) is 18.7 Å². The van der Waals surface area contributed by atoms with Crippen LogP contribution in [0.25, 0.3) is 0 Å². The van der Waals surface area contributed by atoms with E-state index in [9.17, 15) is 8.78 Å². The molecule has 0 saturated carbocycles. The van der Waals surface area contributed by atoms with Crippen LogP contribution in [0.3, 0.4) is 0 Å². The average molecular weight is 320 g/mol. The van der Waals surface area contributed by atoms with E-state index in [1.807, 2.05) is 24.3 Å². The van der Waals surface area contributed by atoms with Gasteiger partial charge in [0.1, 0.15) is 17.4 Å². The molecule has 0 aliphatic carbocycles. The lowest BCUT2D eigenvalue weighted by atomic mass is 10.0. The number of hydrogen-bond acceptors (Lipinski definition) is 3. The van der Waals surface area contributed by atoms with Gasteiger partial charge in [-0.3, -0.25) is 0 Å². The Labute approximate surface area is 135 Å². The van der Waals surface area contributed by atoms with Crippen LogP contribution in [-0.2, 0) is 13.0 Å². The minimum atomic E-state index is -0.566. The highest BCUT2D eigenvalue weighted by Crippen LogP contribution is 2.12. The molecule has 124 valence electrons. The Bertz CT molecular complexity index is 614. The van der Waals surface area contributed by atoms with E-state index in [4.69, 9.17) is 10.5 Å². The van der Waals surface area contributed by atoms with Gasteiger partial charge in [-0.2, -0.15) is 0 Å². The summed E-state index contributed by atoms with van der Waals surface area (Å²) in [4.78, 5) is 0. The van der Waals surface area contributed by atoms with E-state index in [1.165, 1.54) is 12.1 Å². The molecule has 0 aliphatic heterocycles. The van der Waals surface area contributed by atoms with E-state index in [-0.39, 0.29) is 6.04 Å². The lowest BCUT2D eigenvalue weighted by Gasteiger charge is -2.13. The van der Waals surface area contributed by atoms with Crippen LogP contribution in [0.5, 0.6) is 5.75 Å². The van der Waals surface area contributed by atoms with Crippen molar-refractivity contribution < 1.29 is 13.5 Å². The molecule has 1 atom stereocenters. The van der Waals surface area contributed by atoms with E-state index in [0.717, 1.165) is 36.9 Å². The maximum absolute atomic E-state index is 13.1. The Morgan fingerprint density at radius 2 is 1.83 bits per heavy atom. The van der Waals surface area contributed by atoms with Crippen molar-refractivity contribution in [1.82, 2.24) is 5.32 Å². The number of hydrogen-bond donors (Lipinski definition) is 2. The van der Waals surface area contributed by atoms with Gasteiger partial charge in [-0.05, 0) is 54.8 Å². The molecule has 0 amide bonds. The molecule has 2 aromatic rings. The molecule has 23 heavy (non-hydrogen) atoms. The van der Waals surface area contributed by atoms with E-state index >= 15 is 0 Å². The van der Waals surface area contributed by atoms with Crippen molar-refractivity contribution in [2.75, 3.05) is 13.7 Å². The smallest absolute Gasteiger partial charge is 0.126 e. The number of nitrogens with two attached hydrogens (primary N) is 1. The zero-order chi connectivity index (χ0) is 16.7. The lowest BCUT2D eigenvalue weighted by Crippen LogP contribution is -2.28. The first kappa shape index (κ1) is 17.4. The maximum Gasteiger partial charge on any atom is 0.126 e. The zero-order valence-electron chi connectivity index (χ0n) is 13.2. The maximum atomic E-state index is 13.1. The summed E-state index contributed by atoms with van der Waals surface area (Å²) < 4.78 is 31.4. The van der Waals surface area contributed by atoms with E-state index in [2.05, 4.69) is 5.32 Å². The first-order chi connectivity index (χ1) is 11.1. The van der Waals surface area contributed by atoms with E-state index in [0.29, 0.717) is 12.0 Å². The van der Waals surface area contributed by atoms with Gasteiger partial charge in [-0.25, -0.2) is 8.78 Å². The van der Waals surface area contributed by atoms with Crippen LogP contribution in [0, 0.1) is 11.6 Å². The standard InChI is InChI=1S/C18H22F2N2O/c1-23-18-4-2-3-13(10-18)12-22-6-5-17(21)9-14-7-15(19)11-16(20)8-14/h2-4,7-8,10-11,17,22H,5-6,9,12,21H2,1H3/t17-/m1/s1. The van der Waals surface area contributed by atoms with Crippen molar-refractivity contribution in [2.24, 2.45) is 5.73 Å². The molecule has 5 heteroatoms. The molecular weight excluding hydrogens is 298 g/mol. The summed E-state index contributed by atoms with van der Waals surface area (Å²) in [7, 11) is 1.64. The number of nitrogens with one attached hydrogen (secondary N) is 1. The van der Waals surface area contributed by atoms with Crippen LogP contribution < -0.4 is 15.8 Å². The normalized spacial score (nSPS) is 12.2. The predicted molar refractivity (Wildman–Crippen MR) is 87.4 cm³/mol. The fourth-order valence-electron chi connectivity index (χ4n) is 2.44. The van der Waals surface area contributed by atoms with Crippen LogP contribution >= 0.6 is 0 Å². The molecular formula is C18H22F2N2O. The van der Waals surface area contributed by atoms with Crippen molar-refractivity contribution in [1.29, 1.82) is 0 Å². The largest absolute Gasteiger partial charge is 0.497 e. The molecule has 0 spiro atoms. The third kappa shape index (κ3) is 5.96. The summed E-state index contributed by atoms with van der Waals surface area (Å²) >= 11 is 0. The topological polar surface area (TPSA) is 47.3 Å². The summed E-state index contributed by atoms with van der Waals surface area (Å²) in [6.07, 6.45) is 1.18. The third-order valence-electron chi connectivity index (χ3n) is 3.58. The minimum absolute atomic E-state index is 0.144. The van der Waals surface area contributed by atoms with Gasteiger partial charge in [0.25, 0.3) is 0 Å². The average Bonchev–Trinajstić information content (AvgIpc) is 2.51. The highest BCUT2D eigenvalue weighted by molar-refractivity contribution is 5.28. The zero-order valence-corrected chi connectivity index (χ0v) is 13.2. The van der Waals surface area contributed by atoms with Gasteiger partial charge in [0.2, 0.25) is 0 Å². The second-order valence-electron chi connectivity index (χ2n) is 5.56. The van der Waals surface area contributed by atoms with Crippen LogP contribution in [0.4, 0.5) is 8.78 Å². The Balaban J connectivity index is 1.73. The van der Waals surface area contributed by atoms with Crippen molar-refractivity contribution in [3.8, 4) is 5.75 Å². The minimum Gasteiger partial charge on any atom is -0.497 e. The van der Waals surface area contributed by atoms with Crippen LogP contribution in [0.1, 0.15) is 17.5 Å². The van der Waals surface area contributed by atoms with Crippen molar-refractivity contribution in [3.05, 3.63) is 65.2 Å². The third-order valence-corrected chi connectivity index (χ3v) is 3.58. The Morgan fingerprint density at radius 1 is 1.09 bits per heavy atom. The van der Waals surface area contributed by atoms with Crippen LogP contribution in [-0.4, -0.2) is 19.7 Å². The predicted octanol–water partition coefficient (Wildman–Crippen LogP) is 3.02. The molecule has 3 N–H and O–H groups in total. The molecule has 0 aromatic heterocycles. The van der Waals surface area contributed by atoms with Crippen molar-refractivity contribution in [2.45, 2.75) is 25.4 Å². The Morgan fingerprint density at radius 3 is 2.52 bits per heavy atom. The van der Waals surface area contributed by atoms with E-state index < -0.39 is 11.6 Å². The second-order valence-corrected chi connectivity index (χ2v) is 5.56. The molecule has 2 aromatic carbocycles. The Kier molecular flexibility index (Phi) is 6.50. The first-order valence-corrected chi connectivity index (χ1v) is 7.61. The summed E-state index contributed by atoms with van der Waals surface area (Å²) in [5.74, 6) is -0.305. The molecule has 2 rings (SSSR count). The first-order valence-electron chi connectivity index (χ1n) is 7.61. The molecule has 0 saturated heterocycles. The van der Waals surface area contributed by atoms with Crippen LogP contribution in [0.2, 0.25) is 0 Å². The molecule has 0 heterocycles. The summed E-state index contributed by atoms with van der Waals surface area (Å²) in [5.41, 5.74) is 7.74. The number of ether oxygens (including phenoxy) is 1. The van der Waals surface area contributed by atoms with Crippen molar-refractivity contribution >= 4 is 0 Å². The van der Waals surface area contributed by atoms with Gasteiger partial charge >= 0.3 is 0 Å². The van der Waals surface area contributed by atoms with Gasteiger partial charge < -0.3 is 15.8 Å². The molecule has 0 bridgehead atoms. The number of halogens is 2. The number of methoxy groups -OCH3 is 1. The van der Waals surface area contributed by atoms with Crippen LogP contribution in [0.15, 0.2) is 42.5 Å². The number of benzene rings is 2. The Hall–Kier alpha value is -1.98. The summed E-state index contributed by atoms with van der Waals surface area (Å²) in [6, 6.07) is 11.2. The molecule has 3 nitrogen and oxygen atoms in total. The van der Waals surface area contributed by atoms with Crippen molar-refractivity contribution in [3.63, 3.8) is 0 Å². The highest BCUT2D eigenvalue weighted by atomic mass is 19.1. The number of rotatable bonds is 8. The fourth-order valence-corrected chi connectivity index (χ4v) is 2.44. The molecule has 0 unspecified atom stereocenters. The summed E-state index contributed by atoms with van der Waals surface area (Å²) in [6.45, 7) is 1.45. The molecule has 0 aliphatic rings. The quantitative estimate of drug-likeness (QED) is 0.735. The van der Waals surface area contributed by atoms with Gasteiger partial charge in [0.05, 0.1) is 7.11 Å². The second kappa shape index (κ2) is 8.60. The van der Waals surface area contributed by atoms with E-state index in [1.54, 1.807) is 7.11 Å². The molecule has 0 radical (unpaired) electrons. The van der Waals surface area contributed by atoms with Gasteiger partial charge in [0.15, 0.2) is 0 Å². The monoisotopic (exact) mass is 320 g/mol. The fraction of sp³-hybridized carbons (Fsp3) is 0.333. The van der Waals surface area contributed by atoms with Gasteiger partial charge in [-0.1, -0.05) is 12.1 Å². The highest BCUT2D eigenvalue weighted by Gasteiger charge is 2.07. The SMILES string of the molecule is COc1cccc(CNCC[C@@H](N)Cc2cc(F)cc(F)c2)c1. The molecule has 0 fully saturated rings.